The van der Waals surface area contributed by atoms with Crippen LogP contribution in [0.15, 0.2) is 23.9 Å². The Morgan fingerprint density at radius 3 is 1.67 bits per heavy atom. The van der Waals surface area contributed by atoms with Crippen LogP contribution in [0.2, 0.25) is 0 Å². The molecule has 0 aliphatic heterocycles. The van der Waals surface area contributed by atoms with E-state index in [0.717, 1.165) is 25.7 Å². The Kier molecular flexibility index (Phi) is 14.2. The summed E-state index contributed by atoms with van der Waals surface area (Å²) in [5, 5.41) is 0. The van der Waals surface area contributed by atoms with E-state index in [1.54, 1.807) is 0 Å². The van der Waals surface area contributed by atoms with Crippen molar-refractivity contribution in [3.8, 4) is 0 Å². The Morgan fingerprint density at radius 2 is 1.24 bits per heavy atom. The fourth-order valence-electron chi connectivity index (χ4n) is 1.67. The molecule has 0 fully saturated rings. The third-order valence-corrected chi connectivity index (χ3v) is 5.21. The molecule has 3 nitrogen and oxygen atoms in total. The van der Waals surface area contributed by atoms with Crippen LogP contribution in [-0.4, -0.2) is 28.6 Å². The molecule has 0 aromatic heterocycles. The normalized spacial score (nSPS) is 12.8. The quantitative estimate of drug-likeness (QED) is 0.255. The Bertz CT molecular complexity index is 255. The van der Waals surface area contributed by atoms with Crippen LogP contribution in [0.25, 0.3) is 0 Å². The molecule has 21 heavy (non-hydrogen) atoms. The minimum absolute atomic E-state index is 0.684. The number of unbranched alkanes of at least 4 members (excludes halogenated alkanes) is 2. The van der Waals surface area contributed by atoms with Crippen LogP contribution in [0.1, 0.15) is 66.2 Å². The summed E-state index contributed by atoms with van der Waals surface area (Å²) in [6, 6.07) is 0. The van der Waals surface area contributed by atoms with E-state index in [1.165, 1.54) is 12.8 Å². The van der Waals surface area contributed by atoms with Crippen LogP contribution in [-0.2, 0) is 13.3 Å². The summed E-state index contributed by atoms with van der Waals surface area (Å²) >= 11 is 0. The van der Waals surface area contributed by atoms with Crippen molar-refractivity contribution in [1.82, 2.24) is 0 Å². The van der Waals surface area contributed by atoms with Gasteiger partial charge in [-0.25, -0.2) is 0 Å². The molecule has 0 aliphatic rings. The van der Waals surface area contributed by atoms with Crippen molar-refractivity contribution in [3.63, 3.8) is 0 Å². The van der Waals surface area contributed by atoms with E-state index in [9.17, 15) is 0 Å². The van der Waals surface area contributed by atoms with E-state index in [0.29, 0.717) is 19.8 Å². The molecule has 0 aromatic carbocycles. The van der Waals surface area contributed by atoms with E-state index in [-0.39, 0.29) is 0 Å². The van der Waals surface area contributed by atoms with Crippen molar-refractivity contribution in [1.29, 1.82) is 0 Å². The van der Waals surface area contributed by atoms with Crippen molar-refractivity contribution < 1.29 is 13.3 Å². The fraction of sp³-hybridized carbons (Fsp3) is 0.765. The van der Waals surface area contributed by atoms with E-state index >= 15 is 0 Å². The maximum atomic E-state index is 5.98. The Hall–Kier alpha value is -0.423. The summed E-state index contributed by atoms with van der Waals surface area (Å²) in [6.45, 7) is 10.6. The monoisotopic (exact) mass is 314 g/mol. The highest BCUT2D eigenvalue weighted by atomic mass is 28.4. The van der Waals surface area contributed by atoms with Crippen molar-refractivity contribution in [2.24, 2.45) is 0 Å². The molecular weight excluding hydrogens is 280 g/mol. The van der Waals surface area contributed by atoms with Gasteiger partial charge in [0.1, 0.15) is 0 Å². The summed E-state index contributed by atoms with van der Waals surface area (Å²) in [6.07, 6.45) is 12.8. The zero-order chi connectivity index (χ0) is 15.8. The van der Waals surface area contributed by atoms with Gasteiger partial charge in [-0.05, 0) is 31.4 Å². The zero-order valence-electron chi connectivity index (χ0n) is 14.4. The van der Waals surface area contributed by atoms with Crippen LogP contribution in [0.4, 0.5) is 0 Å². The van der Waals surface area contributed by atoms with Gasteiger partial charge in [-0.3, -0.25) is 0 Å². The van der Waals surface area contributed by atoms with Gasteiger partial charge in [-0.1, -0.05) is 58.8 Å². The second kappa shape index (κ2) is 14.5. The minimum Gasteiger partial charge on any atom is -0.370 e. The summed E-state index contributed by atoms with van der Waals surface area (Å²) in [5.74, 6) is 0. The first-order valence-corrected chi connectivity index (χ1v) is 10.3. The Morgan fingerprint density at radius 1 is 0.714 bits per heavy atom. The zero-order valence-corrected chi connectivity index (χ0v) is 15.4. The van der Waals surface area contributed by atoms with Gasteiger partial charge in [0.2, 0.25) is 0 Å². The lowest BCUT2D eigenvalue weighted by Gasteiger charge is -2.26. The summed E-state index contributed by atoms with van der Waals surface area (Å²) in [5.41, 5.74) is 2.02. The van der Waals surface area contributed by atoms with Gasteiger partial charge in [-0.15, -0.1) is 0 Å². The minimum atomic E-state index is -2.66. The summed E-state index contributed by atoms with van der Waals surface area (Å²) in [4.78, 5) is 0. The van der Waals surface area contributed by atoms with E-state index < -0.39 is 8.80 Å². The van der Waals surface area contributed by atoms with Crippen molar-refractivity contribution >= 4 is 8.80 Å². The third kappa shape index (κ3) is 10.9. The predicted molar refractivity (Wildman–Crippen MR) is 92.3 cm³/mol. The van der Waals surface area contributed by atoms with E-state index in [1.807, 2.05) is 11.8 Å². The maximum Gasteiger partial charge on any atom is 0.529 e. The van der Waals surface area contributed by atoms with Crippen LogP contribution in [0, 0.1) is 0 Å². The van der Waals surface area contributed by atoms with Crippen molar-refractivity contribution in [3.05, 3.63) is 23.9 Å². The van der Waals surface area contributed by atoms with Gasteiger partial charge in [0.15, 0.2) is 0 Å². The van der Waals surface area contributed by atoms with Gasteiger partial charge in [0.05, 0.1) is 0 Å². The maximum absolute atomic E-state index is 5.98. The highest BCUT2D eigenvalue weighted by molar-refractivity contribution is 6.66. The summed E-state index contributed by atoms with van der Waals surface area (Å²) in [7, 11) is -2.66. The topological polar surface area (TPSA) is 27.7 Å². The molecule has 0 saturated heterocycles. The number of allylic oxidation sites excluding steroid dienone is 3. The second-order valence-electron chi connectivity index (χ2n) is 5.08. The van der Waals surface area contributed by atoms with Crippen LogP contribution in [0.3, 0.4) is 0 Å². The Labute approximate surface area is 132 Å². The molecule has 0 bridgehead atoms. The number of rotatable bonds is 14. The number of hydrogen-bond acceptors (Lipinski definition) is 3. The standard InChI is InChI=1S/C17H34O3Si/c1-5-9-10-11-12-13-17-21(18-14-6-2,19-15-7-3)20-16-8-4/h11-13,17H,5-10,14-16H2,1-4H3. The largest absolute Gasteiger partial charge is 0.529 e. The van der Waals surface area contributed by atoms with Gasteiger partial charge in [0, 0.05) is 19.8 Å². The molecule has 124 valence electrons. The van der Waals surface area contributed by atoms with Crippen molar-refractivity contribution in [2.45, 2.75) is 66.2 Å². The van der Waals surface area contributed by atoms with Gasteiger partial charge in [0.25, 0.3) is 0 Å². The van der Waals surface area contributed by atoms with Gasteiger partial charge >= 0.3 is 8.80 Å². The molecule has 0 amide bonds. The number of hydrogen-bond donors (Lipinski definition) is 0. The first kappa shape index (κ1) is 20.6. The predicted octanol–water partition coefficient (Wildman–Crippen LogP) is 5.05. The highest BCUT2D eigenvalue weighted by Crippen LogP contribution is 2.14. The van der Waals surface area contributed by atoms with Gasteiger partial charge < -0.3 is 13.3 Å². The highest BCUT2D eigenvalue weighted by Gasteiger charge is 2.37. The first-order chi connectivity index (χ1) is 10.2. The SMILES string of the molecule is CCCCC=CC=C[Si](OCCC)(OCCC)OCCC. The average Bonchev–Trinajstić information content (AvgIpc) is 2.51. The van der Waals surface area contributed by atoms with E-state index in [4.69, 9.17) is 13.3 Å². The molecule has 0 atom stereocenters. The molecule has 0 rings (SSSR count). The molecule has 0 N–H and O–H groups in total. The molecule has 0 spiro atoms. The van der Waals surface area contributed by atoms with Crippen LogP contribution < -0.4 is 0 Å². The van der Waals surface area contributed by atoms with E-state index in [2.05, 4.69) is 39.8 Å². The molecule has 0 heterocycles. The molecule has 0 saturated carbocycles. The third-order valence-electron chi connectivity index (χ3n) is 2.79. The molecular formula is C17H34O3Si. The summed E-state index contributed by atoms with van der Waals surface area (Å²) < 4.78 is 18.0. The van der Waals surface area contributed by atoms with Crippen molar-refractivity contribution in [2.75, 3.05) is 19.8 Å². The second-order valence-corrected chi connectivity index (χ2v) is 7.48. The lowest BCUT2D eigenvalue weighted by Crippen LogP contribution is -2.45. The molecule has 0 unspecified atom stereocenters. The molecule has 0 aromatic rings. The lowest BCUT2D eigenvalue weighted by molar-refractivity contribution is 0.0716. The molecule has 0 aliphatic carbocycles. The average molecular weight is 315 g/mol. The fourth-order valence-corrected chi connectivity index (χ4v) is 4.02. The molecule has 0 radical (unpaired) electrons. The Balaban J connectivity index is 4.68. The smallest absolute Gasteiger partial charge is 0.370 e. The van der Waals surface area contributed by atoms with Gasteiger partial charge in [-0.2, -0.15) is 0 Å². The first-order valence-electron chi connectivity index (χ1n) is 8.50. The van der Waals surface area contributed by atoms with Crippen LogP contribution in [0.5, 0.6) is 0 Å². The van der Waals surface area contributed by atoms with Crippen LogP contribution >= 0.6 is 0 Å². The lowest BCUT2D eigenvalue weighted by atomic mass is 10.2. The molecule has 4 heteroatoms.